The smallest absolute Gasteiger partial charge is 0.277 e. The average molecular weight is 440 g/mol. The van der Waals surface area contributed by atoms with Crippen molar-refractivity contribution in [1.82, 2.24) is 15.6 Å². The highest BCUT2D eigenvalue weighted by molar-refractivity contribution is 6.03. The monoisotopic (exact) mass is 440 g/mol. The molecule has 4 rings (SSSR count). The third-order valence-corrected chi connectivity index (χ3v) is 4.90. The zero-order valence-corrected chi connectivity index (χ0v) is 17.6. The summed E-state index contributed by atoms with van der Waals surface area (Å²) in [5, 5.41) is 20.3. The third-order valence-electron chi connectivity index (χ3n) is 4.90. The van der Waals surface area contributed by atoms with Crippen LogP contribution in [-0.2, 0) is 0 Å². The van der Waals surface area contributed by atoms with Crippen LogP contribution in [0, 0.1) is 0 Å². The predicted molar refractivity (Wildman–Crippen MR) is 125 cm³/mol. The van der Waals surface area contributed by atoms with Gasteiger partial charge in [-0.1, -0.05) is 60.7 Å². The summed E-state index contributed by atoms with van der Waals surface area (Å²) in [4.78, 5) is 25.8. The van der Waals surface area contributed by atoms with Crippen molar-refractivity contribution in [3.63, 3.8) is 0 Å². The van der Waals surface area contributed by atoms with Gasteiger partial charge in [-0.25, -0.2) is 10.5 Å². The number of aromatic amines is 1. The van der Waals surface area contributed by atoms with E-state index in [0.717, 1.165) is 5.56 Å². The number of nitrogens with one attached hydrogen (secondary N) is 2. The highest BCUT2D eigenvalue weighted by Gasteiger charge is 2.22. The summed E-state index contributed by atoms with van der Waals surface area (Å²) in [5.74, 6) is -0.422. The molecular formula is C25H20N4O4. The highest BCUT2D eigenvalue weighted by atomic mass is 16.5. The van der Waals surface area contributed by atoms with Gasteiger partial charge in [0.25, 0.3) is 11.5 Å². The first kappa shape index (κ1) is 21.5. The van der Waals surface area contributed by atoms with Crippen LogP contribution in [0.3, 0.4) is 0 Å². The molecule has 0 fully saturated rings. The van der Waals surface area contributed by atoms with Gasteiger partial charge >= 0.3 is 0 Å². The number of methoxy groups -OCH3 is 1. The Morgan fingerprint density at radius 2 is 1.70 bits per heavy atom. The minimum atomic E-state index is -0.684. The van der Waals surface area contributed by atoms with E-state index >= 15 is 0 Å². The van der Waals surface area contributed by atoms with Gasteiger partial charge in [0.15, 0.2) is 11.5 Å². The van der Waals surface area contributed by atoms with Gasteiger partial charge in [0.2, 0.25) is 0 Å². The quantitative estimate of drug-likeness (QED) is 0.313. The van der Waals surface area contributed by atoms with Gasteiger partial charge in [-0.3, -0.25) is 9.59 Å². The number of rotatable bonds is 6. The summed E-state index contributed by atoms with van der Waals surface area (Å²) < 4.78 is 5.07. The third kappa shape index (κ3) is 4.64. The molecule has 1 amide bonds. The highest BCUT2D eigenvalue weighted by Crippen LogP contribution is 2.31. The summed E-state index contributed by atoms with van der Waals surface area (Å²) in [7, 11) is 1.43. The Labute approximate surface area is 189 Å². The van der Waals surface area contributed by atoms with Crippen molar-refractivity contribution in [3.8, 4) is 33.9 Å². The maximum Gasteiger partial charge on any atom is 0.277 e. The number of ether oxygens (including phenoxy) is 1. The van der Waals surface area contributed by atoms with E-state index in [2.05, 4.69) is 20.7 Å². The molecule has 8 nitrogen and oxygen atoms in total. The van der Waals surface area contributed by atoms with Gasteiger partial charge in [-0.15, -0.1) is 0 Å². The van der Waals surface area contributed by atoms with Crippen LogP contribution in [0.5, 0.6) is 11.5 Å². The van der Waals surface area contributed by atoms with Crippen LogP contribution < -0.4 is 15.7 Å². The molecule has 0 saturated heterocycles. The number of hydrogen-bond acceptors (Lipinski definition) is 6. The van der Waals surface area contributed by atoms with E-state index in [1.54, 1.807) is 12.1 Å². The summed E-state index contributed by atoms with van der Waals surface area (Å²) in [6.07, 6.45) is 1.38. The number of benzene rings is 3. The Hall–Kier alpha value is -4.72. The second-order valence-corrected chi connectivity index (χ2v) is 7.01. The van der Waals surface area contributed by atoms with E-state index < -0.39 is 11.5 Å². The van der Waals surface area contributed by atoms with Gasteiger partial charge in [-0.05, 0) is 29.3 Å². The molecule has 3 N–H and O–H groups in total. The lowest BCUT2D eigenvalue weighted by Gasteiger charge is -2.12. The minimum Gasteiger partial charge on any atom is -0.504 e. The van der Waals surface area contributed by atoms with Gasteiger partial charge in [0.05, 0.1) is 19.0 Å². The normalized spacial score (nSPS) is 10.8. The van der Waals surface area contributed by atoms with Crippen LogP contribution in [0.25, 0.3) is 22.4 Å². The molecule has 0 aliphatic heterocycles. The number of aromatic hydroxyl groups is 1. The number of aromatic nitrogens is 2. The number of phenolic OH excluding ortho intramolecular Hbond substituents is 1. The van der Waals surface area contributed by atoms with Crippen LogP contribution in [-0.4, -0.2) is 34.5 Å². The van der Waals surface area contributed by atoms with Crippen molar-refractivity contribution in [2.45, 2.75) is 0 Å². The van der Waals surface area contributed by atoms with Gasteiger partial charge in [0, 0.05) is 11.1 Å². The Balaban J connectivity index is 1.74. The van der Waals surface area contributed by atoms with E-state index in [1.165, 1.54) is 19.4 Å². The topological polar surface area (TPSA) is 117 Å². The number of hydrazone groups is 1. The van der Waals surface area contributed by atoms with Crippen molar-refractivity contribution in [2.75, 3.05) is 7.11 Å². The van der Waals surface area contributed by atoms with Gasteiger partial charge in [-0.2, -0.15) is 10.2 Å². The van der Waals surface area contributed by atoms with E-state index in [9.17, 15) is 14.7 Å². The van der Waals surface area contributed by atoms with Gasteiger partial charge < -0.3 is 9.84 Å². The minimum absolute atomic E-state index is 0.0112. The summed E-state index contributed by atoms with van der Waals surface area (Å²) in [5.41, 5.74) is 4.56. The molecule has 0 saturated carbocycles. The largest absolute Gasteiger partial charge is 0.504 e. The number of hydrogen-bond donors (Lipinski definition) is 3. The Kier molecular flexibility index (Phi) is 6.26. The van der Waals surface area contributed by atoms with Crippen molar-refractivity contribution in [1.29, 1.82) is 0 Å². The van der Waals surface area contributed by atoms with Crippen molar-refractivity contribution in [3.05, 3.63) is 100 Å². The first-order valence-electron chi connectivity index (χ1n) is 10.0. The fourth-order valence-corrected chi connectivity index (χ4v) is 3.35. The number of phenols is 1. The zero-order valence-electron chi connectivity index (χ0n) is 17.6. The molecule has 1 aromatic heterocycles. The van der Waals surface area contributed by atoms with Crippen molar-refractivity contribution >= 4 is 12.1 Å². The summed E-state index contributed by atoms with van der Waals surface area (Å²) in [6, 6.07) is 23.0. The second-order valence-electron chi connectivity index (χ2n) is 7.01. The van der Waals surface area contributed by atoms with Crippen molar-refractivity contribution in [2.24, 2.45) is 5.10 Å². The Bertz CT molecular complexity index is 1370. The lowest BCUT2D eigenvalue weighted by molar-refractivity contribution is 0.0954. The van der Waals surface area contributed by atoms with E-state index in [4.69, 9.17) is 4.74 Å². The maximum atomic E-state index is 13.1. The first-order valence-corrected chi connectivity index (χ1v) is 10.0. The number of carbonyl (C=O) groups excluding carboxylic acids is 1. The summed E-state index contributed by atoms with van der Waals surface area (Å²) >= 11 is 0. The van der Waals surface area contributed by atoms with Crippen LogP contribution in [0.4, 0.5) is 0 Å². The SMILES string of the molecule is COc1cc(/C=N/NC(=O)c2c(-c3ccccc3)c(-c3ccccc3)n[nH]c2=O)ccc1O. The maximum absolute atomic E-state index is 13.1. The number of carbonyl (C=O) groups is 1. The van der Waals surface area contributed by atoms with E-state index in [0.29, 0.717) is 22.4 Å². The van der Waals surface area contributed by atoms with Crippen LogP contribution in [0.2, 0.25) is 0 Å². The molecule has 0 aliphatic carbocycles. The Morgan fingerprint density at radius 1 is 1.03 bits per heavy atom. The summed E-state index contributed by atoms with van der Waals surface area (Å²) in [6.45, 7) is 0. The molecule has 33 heavy (non-hydrogen) atoms. The molecule has 1 heterocycles. The molecule has 0 atom stereocenters. The number of amides is 1. The standard InChI is InChI=1S/C25H20N4O4/c1-33-20-14-16(12-13-19(20)30)15-26-28-24(31)22-21(17-8-4-2-5-9-17)23(27-29-25(22)32)18-10-6-3-7-11-18/h2-15,30H,1H3,(H,28,31)(H,29,32)/b26-15+. The first-order chi connectivity index (χ1) is 16.1. The lowest BCUT2D eigenvalue weighted by atomic mass is 9.95. The molecule has 0 radical (unpaired) electrons. The van der Waals surface area contributed by atoms with Crippen LogP contribution in [0.1, 0.15) is 15.9 Å². The fourth-order valence-electron chi connectivity index (χ4n) is 3.35. The van der Waals surface area contributed by atoms with Gasteiger partial charge in [0.1, 0.15) is 5.56 Å². The number of nitrogens with zero attached hydrogens (tertiary/aromatic N) is 2. The van der Waals surface area contributed by atoms with Crippen molar-refractivity contribution < 1.29 is 14.6 Å². The molecule has 3 aromatic carbocycles. The molecule has 0 aliphatic rings. The second kappa shape index (κ2) is 9.61. The predicted octanol–water partition coefficient (Wildman–Crippen LogP) is 3.58. The van der Waals surface area contributed by atoms with Crippen LogP contribution >= 0.6 is 0 Å². The Morgan fingerprint density at radius 3 is 2.36 bits per heavy atom. The molecule has 4 aromatic rings. The van der Waals surface area contributed by atoms with E-state index in [1.807, 2.05) is 60.7 Å². The molecule has 0 unspecified atom stereocenters. The molecule has 164 valence electrons. The molecule has 0 spiro atoms. The van der Waals surface area contributed by atoms with Crippen LogP contribution in [0.15, 0.2) is 88.8 Å². The molecule has 8 heteroatoms. The van der Waals surface area contributed by atoms with E-state index in [-0.39, 0.29) is 17.1 Å². The zero-order chi connectivity index (χ0) is 23.2. The number of H-pyrrole nitrogens is 1. The molecular weight excluding hydrogens is 420 g/mol. The lowest BCUT2D eigenvalue weighted by Crippen LogP contribution is -2.28. The molecule has 0 bridgehead atoms. The average Bonchev–Trinajstić information content (AvgIpc) is 2.85. The fraction of sp³-hybridized carbons (Fsp3) is 0.0400.